The van der Waals surface area contributed by atoms with Crippen LogP contribution in [0.3, 0.4) is 0 Å². The number of carbonyl (C=O) groups excluding carboxylic acids is 2. The molecule has 2 aliphatic rings. The number of anilines is 1. The molecule has 4 rings (SSSR count). The Bertz CT molecular complexity index is 988. The molecule has 0 saturated carbocycles. The molecule has 154 valence electrons. The topological polar surface area (TPSA) is 85.7 Å². The number of aryl methyl sites for hydroxylation is 1. The van der Waals surface area contributed by atoms with Crippen LogP contribution in [0.5, 0.6) is 5.75 Å². The second kappa shape index (κ2) is 8.56. The number of hydrogen-bond acceptors (Lipinski definition) is 5. The van der Waals surface area contributed by atoms with Gasteiger partial charge in [0.15, 0.2) is 0 Å². The second-order valence-electron chi connectivity index (χ2n) is 7.55. The van der Waals surface area contributed by atoms with Crippen LogP contribution in [0.15, 0.2) is 42.5 Å². The highest BCUT2D eigenvalue weighted by molar-refractivity contribution is 5.98. The highest BCUT2D eigenvalue weighted by atomic mass is 16.5. The predicted molar refractivity (Wildman–Crippen MR) is 112 cm³/mol. The monoisotopic (exact) mass is 404 g/mol. The van der Waals surface area contributed by atoms with Crippen LogP contribution in [0.1, 0.15) is 33.9 Å². The molecule has 2 aliphatic heterocycles. The lowest BCUT2D eigenvalue weighted by Gasteiger charge is -2.37. The number of benzene rings is 2. The molecule has 7 heteroatoms. The molecule has 0 radical (unpaired) electrons. The fourth-order valence-corrected chi connectivity index (χ4v) is 4.04. The van der Waals surface area contributed by atoms with Gasteiger partial charge >= 0.3 is 0 Å². The highest BCUT2D eigenvalue weighted by Crippen LogP contribution is 2.26. The summed E-state index contributed by atoms with van der Waals surface area (Å²) in [6.07, 6.45) is 1.10. The van der Waals surface area contributed by atoms with E-state index in [1.54, 1.807) is 13.2 Å². The van der Waals surface area contributed by atoms with Crippen molar-refractivity contribution in [2.45, 2.75) is 18.9 Å². The minimum atomic E-state index is -0.347. The molecule has 1 saturated heterocycles. The minimum Gasteiger partial charge on any atom is -0.497 e. The average molecular weight is 404 g/mol. The summed E-state index contributed by atoms with van der Waals surface area (Å²) >= 11 is 0. The Kier molecular flexibility index (Phi) is 5.68. The summed E-state index contributed by atoms with van der Waals surface area (Å²) in [6, 6.07) is 15.1. The van der Waals surface area contributed by atoms with E-state index in [0.717, 1.165) is 22.6 Å². The zero-order valence-corrected chi connectivity index (χ0v) is 16.9. The first-order valence-electron chi connectivity index (χ1n) is 10.1. The van der Waals surface area contributed by atoms with Gasteiger partial charge in [-0.15, -0.1) is 0 Å². The van der Waals surface area contributed by atoms with Crippen LogP contribution in [-0.4, -0.2) is 54.9 Å². The molecule has 30 heavy (non-hydrogen) atoms. The van der Waals surface area contributed by atoms with E-state index in [1.807, 2.05) is 41.3 Å². The van der Waals surface area contributed by atoms with Crippen LogP contribution in [-0.2, 0) is 11.2 Å². The fraction of sp³-hybridized carbons (Fsp3) is 0.348. The number of amides is 2. The summed E-state index contributed by atoms with van der Waals surface area (Å²) in [4.78, 5) is 28.4. The fourth-order valence-electron chi connectivity index (χ4n) is 4.04. The number of nitrogens with one attached hydrogen (secondary N) is 1. The van der Waals surface area contributed by atoms with Gasteiger partial charge in [0.1, 0.15) is 11.8 Å². The van der Waals surface area contributed by atoms with Crippen molar-refractivity contribution >= 4 is 17.5 Å². The van der Waals surface area contributed by atoms with Gasteiger partial charge in [-0.3, -0.25) is 14.5 Å². The SMILES string of the molecule is COc1ccc(C(C#N)N2CCN(C(=O)c3ccc4c(c3)CCC(=O)N4)CC2)cc1. The van der Waals surface area contributed by atoms with Crippen molar-refractivity contribution in [3.8, 4) is 11.8 Å². The predicted octanol–water partition coefficient (Wildman–Crippen LogP) is 2.60. The molecule has 2 aromatic rings. The van der Waals surface area contributed by atoms with E-state index in [2.05, 4.69) is 16.3 Å². The van der Waals surface area contributed by atoms with E-state index in [1.165, 1.54) is 0 Å². The molecule has 0 bridgehead atoms. The summed E-state index contributed by atoms with van der Waals surface area (Å²) in [5.41, 5.74) is 3.37. The van der Waals surface area contributed by atoms with Crippen molar-refractivity contribution in [2.75, 3.05) is 38.6 Å². The Morgan fingerprint density at radius 1 is 1.10 bits per heavy atom. The molecule has 0 aromatic heterocycles. The van der Waals surface area contributed by atoms with Crippen LogP contribution >= 0.6 is 0 Å². The van der Waals surface area contributed by atoms with Crippen LogP contribution < -0.4 is 10.1 Å². The molecule has 1 unspecified atom stereocenters. The first-order valence-corrected chi connectivity index (χ1v) is 10.1. The lowest BCUT2D eigenvalue weighted by molar-refractivity contribution is -0.116. The van der Waals surface area contributed by atoms with Gasteiger partial charge < -0.3 is 15.0 Å². The van der Waals surface area contributed by atoms with Gasteiger partial charge in [0.05, 0.1) is 13.2 Å². The van der Waals surface area contributed by atoms with E-state index >= 15 is 0 Å². The van der Waals surface area contributed by atoms with Gasteiger partial charge in [0.2, 0.25) is 5.91 Å². The lowest BCUT2D eigenvalue weighted by atomic mass is 9.99. The number of nitriles is 1. The average Bonchev–Trinajstić information content (AvgIpc) is 2.79. The van der Waals surface area contributed by atoms with E-state index in [-0.39, 0.29) is 17.9 Å². The zero-order valence-electron chi connectivity index (χ0n) is 16.9. The standard InChI is InChI=1S/C23H24N4O3/c1-30-19-6-2-16(3-7-19)21(15-24)26-10-12-27(13-11-26)23(29)18-4-8-20-17(14-18)5-9-22(28)25-20/h2-4,6-8,14,21H,5,9-13H2,1H3,(H,25,28). The highest BCUT2D eigenvalue weighted by Gasteiger charge is 2.28. The number of hydrogen-bond donors (Lipinski definition) is 1. The second-order valence-corrected chi connectivity index (χ2v) is 7.55. The largest absolute Gasteiger partial charge is 0.497 e. The Morgan fingerprint density at radius 2 is 1.83 bits per heavy atom. The lowest BCUT2D eigenvalue weighted by Crippen LogP contribution is -2.49. The number of ether oxygens (including phenoxy) is 1. The van der Waals surface area contributed by atoms with Gasteiger partial charge in [-0.1, -0.05) is 12.1 Å². The maximum atomic E-state index is 13.0. The molecule has 0 aliphatic carbocycles. The first kappa shape index (κ1) is 19.9. The summed E-state index contributed by atoms with van der Waals surface area (Å²) in [5.74, 6) is 0.768. The molecule has 2 heterocycles. The molecular weight excluding hydrogens is 380 g/mol. The summed E-state index contributed by atoms with van der Waals surface area (Å²) in [6.45, 7) is 2.41. The molecular formula is C23H24N4O3. The molecule has 1 N–H and O–H groups in total. The van der Waals surface area contributed by atoms with E-state index in [9.17, 15) is 14.9 Å². The van der Waals surface area contributed by atoms with Crippen molar-refractivity contribution in [1.29, 1.82) is 5.26 Å². The Morgan fingerprint density at radius 3 is 2.50 bits per heavy atom. The van der Waals surface area contributed by atoms with Crippen LogP contribution in [0.25, 0.3) is 0 Å². The molecule has 1 atom stereocenters. The van der Waals surface area contributed by atoms with Gasteiger partial charge in [0.25, 0.3) is 5.91 Å². The number of carbonyl (C=O) groups is 2. The summed E-state index contributed by atoms with van der Waals surface area (Å²) in [5, 5.41) is 12.6. The molecule has 7 nitrogen and oxygen atoms in total. The third kappa shape index (κ3) is 4.00. The van der Waals surface area contributed by atoms with E-state index in [0.29, 0.717) is 44.6 Å². The molecule has 0 spiro atoms. The maximum absolute atomic E-state index is 13.0. The van der Waals surface area contributed by atoms with Crippen LogP contribution in [0, 0.1) is 11.3 Å². The maximum Gasteiger partial charge on any atom is 0.253 e. The van der Waals surface area contributed by atoms with Crippen LogP contribution in [0.2, 0.25) is 0 Å². The van der Waals surface area contributed by atoms with Crippen LogP contribution in [0.4, 0.5) is 5.69 Å². The third-order valence-electron chi connectivity index (χ3n) is 5.77. The molecule has 2 aromatic carbocycles. The van der Waals surface area contributed by atoms with E-state index in [4.69, 9.17) is 4.74 Å². The summed E-state index contributed by atoms with van der Waals surface area (Å²) in [7, 11) is 1.62. The smallest absolute Gasteiger partial charge is 0.253 e. The summed E-state index contributed by atoms with van der Waals surface area (Å²) < 4.78 is 5.19. The van der Waals surface area contributed by atoms with Gasteiger partial charge in [-0.2, -0.15) is 5.26 Å². The van der Waals surface area contributed by atoms with Crippen molar-refractivity contribution in [3.05, 3.63) is 59.2 Å². The van der Waals surface area contributed by atoms with Crippen molar-refractivity contribution in [2.24, 2.45) is 0 Å². The van der Waals surface area contributed by atoms with Crippen molar-refractivity contribution < 1.29 is 14.3 Å². The normalized spacial score (nSPS) is 17.5. The van der Waals surface area contributed by atoms with Crippen molar-refractivity contribution in [1.82, 2.24) is 9.80 Å². The molecule has 2 amide bonds. The zero-order chi connectivity index (χ0) is 21.1. The Hall–Kier alpha value is -3.37. The number of rotatable bonds is 4. The number of piperazine rings is 1. The Labute approximate surface area is 175 Å². The van der Waals surface area contributed by atoms with Crippen molar-refractivity contribution in [3.63, 3.8) is 0 Å². The molecule has 1 fully saturated rings. The van der Waals surface area contributed by atoms with Gasteiger partial charge in [0, 0.05) is 43.9 Å². The minimum absolute atomic E-state index is 0.00712. The van der Waals surface area contributed by atoms with Gasteiger partial charge in [-0.05, 0) is 47.9 Å². The quantitative estimate of drug-likeness (QED) is 0.847. The first-order chi connectivity index (χ1) is 14.6. The van der Waals surface area contributed by atoms with E-state index < -0.39 is 0 Å². The number of nitrogens with zero attached hydrogens (tertiary/aromatic N) is 3. The number of methoxy groups -OCH3 is 1. The number of fused-ring (bicyclic) bond motifs is 1. The third-order valence-corrected chi connectivity index (χ3v) is 5.77. The van der Waals surface area contributed by atoms with Gasteiger partial charge in [-0.25, -0.2) is 0 Å². The Balaban J connectivity index is 1.40.